The van der Waals surface area contributed by atoms with E-state index in [4.69, 9.17) is 4.74 Å². The van der Waals surface area contributed by atoms with Gasteiger partial charge in [-0.1, -0.05) is 23.8 Å². The summed E-state index contributed by atoms with van der Waals surface area (Å²) in [4.78, 5) is 22.9. The molecule has 162 valence electrons. The number of carbonyl (C=O) groups is 1. The molecule has 0 spiro atoms. The molecular formula is C20H25N3O6S. The van der Waals surface area contributed by atoms with E-state index < -0.39 is 27.4 Å². The maximum Gasteiger partial charge on any atom is 0.271 e. The van der Waals surface area contributed by atoms with Crippen molar-refractivity contribution in [1.82, 2.24) is 5.32 Å². The summed E-state index contributed by atoms with van der Waals surface area (Å²) in [5, 5.41) is 13.7. The van der Waals surface area contributed by atoms with Crippen molar-refractivity contribution < 1.29 is 22.9 Å². The number of ether oxygens (including phenoxy) is 1. The Bertz CT molecular complexity index is 1020. The molecule has 0 fully saturated rings. The van der Waals surface area contributed by atoms with Crippen molar-refractivity contribution in [2.75, 3.05) is 23.7 Å². The van der Waals surface area contributed by atoms with Crippen LogP contribution >= 0.6 is 0 Å². The summed E-state index contributed by atoms with van der Waals surface area (Å²) in [6.07, 6.45) is 0.947. The molecule has 0 aliphatic carbocycles. The zero-order chi connectivity index (χ0) is 22.5. The number of amides is 1. The summed E-state index contributed by atoms with van der Waals surface area (Å²) in [5.41, 5.74) is 1.42. The van der Waals surface area contributed by atoms with Crippen molar-refractivity contribution >= 4 is 27.3 Å². The van der Waals surface area contributed by atoms with E-state index in [9.17, 15) is 23.3 Å². The first-order valence-corrected chi connectivity index (χ1v) is 11.0. The third-order valence-corrected chi connectivity index (χ3v) is 5.41. The van der Waals surface area contributed by atoms with E-state index in [-0.39, 0.29) is 24.0 Å². The molecule has 0 saturated carbocycles. The SMILES string of the molecule is Cc1ccc(OC[C@H](C)NC(=O)CN(c2cc([N+](=O)[O-])ccc2C)S(C)(=O)=O)cc1. The molecule has 2 rings (SSSR count). The Balaban J connectivity index is 2.08. The van der Waals surface area contributed by atoms with Gasteiger partial charge in [0.25, 0.3) is 5.69 Å². The molecule has 2 aromatic carbocycles. The van der Waals surface area contributed by atoms with E-state index in [2.05, 4.69) is 5.32 Å². The van der Waals surface area contributed by atoms with Crippen LogP contribution in [0.25, 0.3) is 0 Å². The Morgan fingerprint density at radius 2 is 1.83 bits per heavy atom. The van der Waals surface area contributed by atoms with Gasteiger partial charge >= 0.3 is 0 Å². The second-order valence-electron chi connectivity index (χ2n) is 7.09. The Hall–Kier alpha value is -3.14. The fourth-order valence-corrected chi connectivity index (χ4v) is 3.62. The van der Waals surface area contributed by atoms with Gasteiger partial charge in [0, 0.05) is 12.1 Å². The van der Waals surface area contributed by atoms with Gasteiger partial charge in [-0.15, -0.1) is 0 Å². The molecule has 0 aliphatic heterocycles. The number of nitro groups is 1. The number of sulfonamides is 1. The van der Waals surface area contributed by atoms with Crippen LogP contribution in [-0.2, 0) is 14.8 Å². The van der Waals surface area contributed by atoms with Crippen LogP contribution in [0.1, 0.15) is 18.1 Å². The molecule has 0 bridgehead atoms. The molecule has 0 saturated heterocycles. The number of nitrogens with zero attached hydrogens (tertiary/aromatic N) is 2. The van der Waals surface area contributed by atoms with Crippen molar-refractivity contribution in [2.24, 2.45) is 0 Å². The number of carbonyl (C=O) groups excluding carboxylic acids is 1. The van der Waals surface area contributed by atoms with Crippen LogP contribution in [0, 0.1) is 24.0 Å². The molecule has 30 heavy (non-hydrogen) atoms. The minimum atomic E-state index is -3.85. The molecule has 0 radical (unpaired) electrons. The first-order chi connectivity index (χ1) is 14.0. The molecule has 1 amide bonds. The summed E-state index contributed by atoms with van der Waals surface area (Å²) >= 11 is 0. The summed E-state index contributed by atoms with van der Waals surface area (Å²) in [5.74, 6) is 0.109. The zero-order valence-electron chi connectivity index (χ0n) is 17.3. The summed E-state index contributed by atoms with van der Waals surface area (Å²) in [6, 6.07) is 10.9. The van der Waals surface area contributed by atoms with Gasteiger partial charge in [0.05, 0.1) is 22.9 Å². The van der Waals surface area contributed by atoms with E-state index in [0.717, 1.165) is 22.2 Å². The van der Waals surface area contributed by atoms with E-state index in [1.807, 2.05) is 31.2 Å². The minimum absolute atomic E-state index is 0.0883. The van der Waals surface area contributed by atoms with Gasteiger partial charge in [0.1, 0.15) is 18.9 Å². The van der Waals surface area contributed by atoms with E-state index in [1.165, 1.54) is 12.1 Å². The molecule has 9 nitrogen and oxygen atoms in total. The molecule has 2 aromatic rings. The van der Waals surface area contributed by atoms with E-state index in [0.29, 0.717) is 11.3 Å². The summed E-state index contributed by atoms with van der Waals surface area (Å²) in [7, 11) is -3.85. The molecule has 1 N–H and O–H groups in total. The number of rotatable bonds is 9. The van der Waals surface area contributed by atoms with Crippen LogP contribution in [0.5, 0.6) is 5.75 Å². The second kappa shape index (κ2) is 9.57. The van der Waals surface area contributed by atoms with Crippen LogP contribution in [0.15, 0.2) is 42.5 Å². The number of aryl methyl sites for hydroxylation is 2. The lowest BCUT2D eigenvalue weighted by molar-refractivity contribution is -0.384. The number of benzene rings is 2. The van der Waals surface area contributed by atoms with Gasteiger partial charge in [0.2, 0.25) is 15.9 Å². The number of hydrogen-bond acceptors (Lipinski definition) is 6. The predicted molar refractivity (Wildman–Crippen MR) is 114 cm³/mol. The van der Waals surface area contributed by atoms with Crippen molar-refractivity contribution in [3.05, 3.63) is 63.7 Å². The third kappa shape index (κ3) is 6.45. The van der Waals surface area contributed by atoms with Crippen molar-refractivity contribution in [3.8, 4) is 5.75 Å². The number of nitrogens with one attached hydrogen (secondary N) is 1. The van der Waals surface area contributed by atoms with Gasteiger partial charge < -0.3 is 10.1 Å². The van der Waals surface area contributed by atoms with Crippen LogP contribution in [0.3, 0.4) is 0 Å². The zero-order valence-corrected chi connectivity index (χ0v) is 18.1. The standard InChI is InChI=1S/C20H25N3O6S/c1-14-5-9-18(10-6-14)29-13-16(3)21-20(24)12-22(30(4,27)28)19-11-17(23(25)26)8-7-15(19)2/h5-11,16H,12-13H2,1-4H3,(H,21,24)/t16-/m0/s1. The van der Waals surface area contributed by atoms with Crippen molar-refractivity contribution in [2.45, 2.75) is 26.8 Å². The monoisotopic (exact) mass is 435 g/mol. The van der Waals surface area contributed by atoms with Gasteiger partial charge in [0.15, 0.2) is 0 Å². The van der Waals surface area contributed by atoms with Crippen LogP contribution in [0.2, 0.25) is 0 Å². The largest absolute Gasteiger partial charge is 0.491 e. The fraction of sp³-hybridized carbons (Fsp3) is 0.350. The highest BCUT2D eigenvalue weighted by Gasteiger charge is 2.25. The van der Waals surface area contributed by atoms with Crippen LogP contribution in [-0.4, -0.2) is 44.7 Å². The first-order valence-electron chi connectivity index (χ1n) is 9.19. The molecule has 10 heteroatoms. The van der Waals surface area contributed by atoms with Crippen molar-refractivity contribution in [1.29, 1.82) is 0 Å². The van der Waals surface area contributed by atoms with Gasteiger partial charge in [-0.05, 0) is 38.5 Å². The van der Waals surface area contributed by atoms with Gasteiger partial charge in [-0.25, -0.2) is 8.42 Å². The molecule has 1 atom stereocenters. The molecule has 0 aliphatic rings. The average Bonchev–Trinajstić information content (AvgIpc) is 2.65. The summed E-state index contributed by atoms with van der Waals surface area (Å²) < 4.78 is 31.0. The first kappa shape index (κ1) is 23.1. The quantitative estimate of drug-likeness (QED) is 0.478. The Labute approximate surface area is 175 Å². The number of non-ortho nitro benzene ring substituents is 1. The van der Waals surface area contributed by atoms with Gasteiger partial charge in [-0.2, -0.15) is 0 Å². The van der Waals surface area contributed by atoms with Crippen LogP contribution in [0.4, 0.5) is 11.4 Å². The number of hydrogen-bond donors (Lipinski definition) is 1. The fourth-order valence-electron chi connectivity index (χ4n) is 2.71. The topological polar surface area (TPSA) is 119 Å². The van der Waals surface area contributed by atoms with Gasteiger partial charge in [-0.3, -0.25) is 19.2 Å². The molecule has 0 unspecified atom stereocenters. The minimum Gasteiger partial charge on any atom is -0.491 e. The molecular weight excluding hydrogens is 410 g/mol. The molecule has 0 heterocycles. The maximum atomic E-state index is 12.5. The Kier molecular flexibility index (Phi) is 7.38. The Morgan fingerprint density at radius 1 is 1.20 bits per heavy atom. The lowest BCUT2D eigenvalue weighted by Crippen LogP contribution is -2.45. The number of anilines is 1. The highest BCUT2D eigenvalue weighted by atomic mass is 32.2. The second-order valence-corrected chi connectivity index (χ2v) is 9.00. The highest BCUT2D eigenvalue weighted by Crippen LogP contribution is 2.27. The van der Waals surface area contributed by atoms with E-state index in [1.54, 1.807) is 13.8 Å². The summed E-state index contributed by atoms with van der Waals surface area (Å²) in [6.45, 7) is 5.01. The Morgan fingerprint density at radius 3 is 2.40 bits per heavy atom. The maximum absolute atomic E-state index is 12.5. The normalized spacial score (nSPS) is 12.1. The third-order valence-electron chi connectivity index (χ3n) is 4.29. The average molecular weight is 436 g/mol. The predicted octanol–water partition coefficient (Wildman–Crippen LogP) is 2.56. The molecule has 0 aromatic heterocycles. The lowest BCUT2D eigenvalue weighted by Gasteiger charge is -2.24. The van der Waals surface area contributed by atoms with E-state index >= 15 is 0 Å². The number of nitro benzene ring substituents is 1. The smallest absolute Gasteiger partial charge is 0.271 e. The lowest BCUT2D eigenvalue weighted by atomic mass is 10.2. The highest BCUT2D eigenvalue weighted by molar-refractivity contribution is 7.92. The van der Waals surface area contributed by atoms with Crippen LogP contribution < -0.4 is 14.4 Å². The van der Waals surface area contributed by atoms with Crippen molar-refractivity contribution in [3.63, 3.8) is 0 Å².